The van der Waals surface area contributed by atoms with Crippen molar-refractivity contribution >= 4 is 23.3 Å². The monoisotopic (exact) mass is 507 g/mol. The van der Waals surface area contributed by atoms with Crippen LogP contribution in [0.4, 0.5) is 14.5 Å². The van der Waals surface area contributed by atoms with Gasteiger partial charge < -0.3 is 15.0 Å². The second kappa shape index (κ2) is 9.92. The number of alkyl halides is 2. The van der Waals surface area contributed by atoms with Crippen LogP contribution >= 0.6 is 0 Å². The Morgan fingerprint density at radius 1 is 1.05 bits per heavy atom. The maximum Gasteiger partial charge on any atom is 0.301 e. The van der Waals surface area contributed by atoms with Crippen molar-refractivity contribution in [2.24, 2.45) is 11.8 Å². The van der Waals surface area contributed by atoms with Crippen LogP contribution in [0.5, 0.6) is 5.75 Å². The SMILES string of the molecule is N#Cc1cc(-c2cccc(NC(=O)C3CC3)c2)ccc1O[C@H]1CCN(C(=O)[C@@H]2CCC(=O)C2)CC1(F)F. The van der Waals surface area contributed by atoms with Crippen molar-refractivity contribution in [2.75, 3.05) is 18.4 Å². The van der Waals surface area contributed by atoms with Crippen molar-refractivity contribution in [3.05, 3.63) is 48.0 Å². The number of hydrogen-bond donors (Lipinski definition) is 1. The summed E-state index contributed by atoms with van der Waals surface area (Å²) < 4.78 is 35.7. The quantitative estimate of drug-likeness (QED) is 0.618. The molecule has 7 nitrogen and oxygen atoms in total. The minimum atomic E-state index is -3.31. The molecule has 1 heterocycles. The number of hydrogen-bond acceptors (Lipinski definition) is 5. The van der Waals surface area contributed by atoms with E-state index in [1.54, 1.807) is 30.3 Å². The van der Waals surface area contributed by atoms with Gasteiger partial charge in [-0.05, 0) is 54.7 Å². The molecule has 1 aliphatic heterocycles. The fraction of sp³-hybridized carbons (Fsp3) is 0.429. The van der Waals surface area contributed by atoms with Gasteiger partial charge in [0.1, 0.15) is 17.6 Å². The molecule has 2 saturated carbocycles. The summed E-state index contributed by atoms with van der Waals surface area (Å²) in [7, 11) is 0. The molecule has 9 heteroatoms. The van der Waals surface area contributed by atoms with Gasteiger partial charge in [0.05, 0.1) is 12.1 Å². The van der Waals surface area contributed by atoms with Crippen molar-refractivity contribution in [3.63, 3.8) is 0 Å². The van der Waals surface area contributed by atoms with Gasteiger partial charge in [0.2, 0.25) is 11.8 Å². The average molecular weight is 508 g/mol. The molecule has 0 unspecified atom stereocenters. The number of benzene rings is 2. The third kappa shape index (κ3) is 5.48. The highest BCUT2D eigenvalue weighted by atomic mass is 19.3. The Balaban J connectivity index is 1.27. The first-order chi connectivity index (χ1) is 17.7. The van der Waals surface area contributed by atoms with Crippen LogP contribution in [-0.4, -0.2) is 47.6 Å². The van der Waals surface area contributed by atoms with E-state index in [2.05, 4.69) is 5.32 Å². The Hall–Kier alpha value is -3.80. The van der Waals surface area contributed by atoms with E-state index >= 15 is 8.78 Å². The van der Waals surface area contributed by atoms with Crippen molar-refractivity contribution in [3.8, 4) is 22.9 Å². The van der Waals surface area contributed by atoms with Crippen LogP contribution < -0.4 is 10.1 Å². The van der Waals surface area contributed by atoms with E-state index in [1.165, 1.54) is 6.07 Å². The fourth-order valence-electron chi connectivity index (χ4n) is 4.96. The predicted molar refractivity (Wildman–Crippen MR) is 131 cm³/mol. The summed E-state index contributed by atoms with van der Waals surface area (Å²) in [5.41, 5.74) is 2.21. The first-order valence-corrected chi connectivity index (χ1v) is 12.5. The van der Waals surface area contributed by atoms with Crippen molar-refractivity contribution < 1.29 is 27.9 Å². The number of amides is 2. The number of anilines is 1. The zero-order valence-electron chi connectivity index (χ0n) is 20.2. The summed E-state index contributed by atoms with van der Waals surface area (Å²) in [6, 6.07) is 14.0. The standard InChI is InChI=1S/C28H27F2N3O4/c29-28(30)16-33(27(36)20-6-8-23(34)14-20)11-10-25(28)37-24-9-7-19(12-21(24)15-31)18-2-1-3-22(13-18)32-26(35)17-4-5-17/h1-3,7,9,12-13,17,20,25H,4-6,8,10-11,14,16H2,(H,32,35)/t20-,25+/m1/s1. The lowest BCUT2D eigenvalue weighted by molar-refractivity contribution is -0.163. The maximum absolute atomic E-state index is 15.0. The number of nitrogens with one attached hydrogen (secondary N) is 1. The lowest BCUT2D eigenvalue weighted by Gasteiger charge is -2.39. The zero-order chi connectivity index (χ0) is 26.2. The van der Waals surface area contributed by atoms with Crippen LogP contribution in [0.1, 0.15) is 44.1 Å². The number of ketones is 1. The molecule has 2 aromatic carbocycles. The van der Waals surface area contributed by atoms with Gasteiger partial charge in [-0.3, -0.25) is 14.4 Å². The number of nitriles is 1. The van der Waals surface area contributed by atoms with Crippen LogP contribution in [0.15, 0.2) is 42.5 Å². The molecule has 37 heavy (non-hydrogen) atoms. The first-order valence-electron chi connectivity index (χ1n) is 12.5. The molecule has 2 aromatic rings. The van der Waals surface area contributed by atoms with Gasteiger partial charge in [0.15, 0.2) is 6.10 Å². The highest BCUT2D eigenvalue weighted by Gasteiger charge is 2.49. The summed E-state index contributed by atoms with van der Waals surface area (Å²) in [6.45, 7) is -0.677. The van der Waals surface area contributed by atoms with Crippen molar-refractivity contribution in [1.29, 1.82) is 5.26 Å². The van der Waals surface area contributed by atoms with Crippen LogP contribution in [0.2, 0.25) is 0 Å². The Kier molecular flexibility index (Phi) is 6.67. The van der Waals surface area contributed by atoms with Gasteiger partial charge in [0.25, 0.3) is 0 Å². The third-order valence-electron chi connectivity index (χ3n) is 7.22. The molecular formula is C28H27F2N3O4. The number of rotatable bonds is 6. The number of carbonyl (C=O) groups is 3. The van der Waals surface area contributed by atoms with Crippen molar-refractivity contribution in [1.82, 2.24) is 4.90 Å². The summed E-state index contributed by atoms with van der Waals surface area (Å²) >= 11 is 0. The summed E-state index contributed by atoms with van der Waals surface area (Å²) in [5.74, 6) is -4.12. The van der Waals surface area contributed by atoms with Gasteiger partial charge in [-0.25, -0.2) is 8.78 Å². The molecular weight excluding hydrogens is 480 g/mol. The molecule has 0 spiro atoms. The maximum atomic E-state index is 15.0. The Morgan fingerprint density at radius 3 is 2.51 bits per heavy atom. The van der Waals surface area contributed by atoms with Crippen LogP contribution in [-0.2, 0) is 14.4 Å². The minimum Gasteiger partial charge on any atom is -0.483 e. The molecule has 3 fully saturated rings. The molecule has 2 amide bonds. The predicted octanol–water partition coefficient (Wildman–Crippen LogP) is 4.56. The fourth-order valence-corrected chi connectivity index (χ4v) is 4.96. The number of likely N-dealkylation sites (tertiary alicyclic amines) is 1. The number of ether oxygens (including phenoxy) is 1. The molecule has 2 aliphatic carbocycles. The molecule has 0 radical (unpaired) electrons. The summed E-state index contributed by atoms with van der Waals surface area (Å²) in [6.07, 6.45) is 1.07. The number of Topliss-reactive ketones (excluding diaryl/α,β-unsaturated/α-hetero) is 1. The molecule has 1 saturated heterocycles. The van der Waals surface area contributed by atoms with E-state index in [-0.39, 0.29) is 48.3 Å². The highest BCUT2D eigenvalue weighted by Crippen LogP contribution is 2.36. The zero-order valence-corrected chi connectivity index (χ0v) is 20.2. The second-order valence-electron chi connectivity index (χ2n) is 10.1. The van der Waals surface area contributed by atoms with E-state index in [0.717, 1.165) is 23.3 Å². The second-order valence-corrected chi connectivity index (χ2v) is 10.1. The van der Waals surface area contributed by atoms with Gasteiger partial charge >= 0.3 is 5.92 Å². The molecule has 0 bridgehead atoms. The lowest BCUT2D eigenvalue weighted by Crippen LogP contribution is -2.56. The van der Waals surface area contributed by atoms with E-state index < -0.39 is 30.4 Å². The highest BCUT2D eigenvalue weighted by molar-refractivity contribution is 5.94. The minimum absolute atomic E-state index is 0.00875. The van der Waals surface area contributed by atoms with Gasteiger partial charge in [0, 0.05) is 43.3 Å². The Morgan fingerprint density at radius 2 is 1.84 bits per heavy atom. The van der Waals surface area contributed by atoms with E-state index in [0.29, 0.717) is 24.1 Å². The number of carbonyl (C=O) groups excluding carboxylic acids is 3. The van der Waals surface area contributed by atoms with Crippen molar-refractivity contribution in [2.45, 2.75) is 50.6 Å². The number of nitrogens with zero attached hydrogens (tertiary/aromatic N) is 2. The molecule has 0 aromatic heterocycles. The van der Waals surface area contributed by atoms with E-state index in [9.17, 15) is 19.6 Å². The normalized spacial score (nSPS) is 22.8. The number of piperidine rings is 1. The van der Waals surface area contributed by atoms with E-state index in [1.807, 2.05) is 12.1 Å². The summed E-state index contributed by atoms with van der Waals surface area (Å²) in [5, 5.41) is 12.6. The van der Waals surface area contributed by atoms with Gasteiger partial charge in [-0.2, -0.15) is 5.26 Å². The first kappa shape index (κ1) is 24.9. The van der Waals surface area contributed by atoms with Crippen LogP contribution in [0, 0.1) is 23.2 Å². The molecule has 192 valence electrons. The smallest absolute Gasteiger partial charge is 0.301 e. The van der Waals surface area contributed by atoms with Crippen LogP contribution in [0.3, 0.4) is 0 Å². The lowest BCUT2D eigenvalue weighted by atomic mass is 9.99. The van der Waals surface area contributed by atoms with Gasteiger partial charge in [-0.15, -0.1) is 0 Å². The molecule has 2 atom stereocenters. The average Bonchev–Trinajstić information content (AvgIpc) is 3.65. The Labute approximate surface area is 213 Å². The van der Waals surface area contributed by atoms with Gasteiger partial charge in [-0.1, -0.05) is 18.2 Å². The van der Waals surface area contributed by atoms with Crippen LogP contribution in [0.25, 0.3) is 11.1 Å². The van der Waals surface area contributed by atoms with E-state index in [4.69, 9.17) is 4.74 Å². The summed E-state index contributed by atoms with van der Waals surface area (Å²) in [4.78, 5) is 37.3. The topological polar surface area (TPSA) is 99.5 Å². The Bertz CT molecular complexity index is 1280. The molecule has 5 rings (SSSR count). The largest absolute Gasteiger partial charge is 0.483 e. The molecule has 3 aliphatic rings. The number of halogens is 2. The molecule has 1 N–H and O–H groups in total. The third-order valence-corrected chi connectivity index (χ3v) is 7.22.